The lowest BCUT2D eigenvalue weighted by Crippen LogP contribution is -2.36. The summed E-state index contributed by atoms with van der Waals surface area (Å²) in [6.07, 6.45) is 2.03. The van der Waals surface area contributed by atoms with E-state index in [0.29, 0.717) is 41.0 Å². The van der Waals surface area contributed by atoms with Crippen LogP contribution in [0.2, 0.25) is 0 Å². The third-order valence-corrected chi connectivity index (χ3v) is 4.71. The number of amides is 1. The molecule has 1 heterocycles. The third-order valence-electron chi connectivity index (χ3n) is 4.71. The number of ether oxygens (including phenoxy) is 4. The van der Waals surface area contributed by atoms with E-state index in [1.807, 2.05) is 24.3 Å². The predicted molar refractivity (Wildman–Crippen MR) is 115 cm³/mol. The summed E-state index contributed by atoms with van der Waals surface area (Å²) in [7, 11) is 4.66. The van der Waals surface area contributed by atoms with Gasteiger partial charge in [0, 0.05) is 12.2 Å². The van der Waals surface area contributed by atoms with Crippen molar-refractivity contribution >= 4 is 17.6 Å². The molecule has 1 aliphatic rings. The minimum absolute atomic E-state index is 0.0532. The molecule has 2 aromatic rings. The Morgan fingerprint density at radius 3 is 2.53 bits per heavy atom. The summed E-state index contributed by atoms with van der Waals surface area (Å²) in [6.45, 7) is 1.19. The Bertz CT molecular complexity index is 894. The fourth-order valence-electron chi connectivity index (χ4n) is 3.12. The van der Waals surface area contributed by atoms with Crippen molar-refractivity contribution in [3.8, 4) is 17.2 Å². The van der Waals surface area contributed by atoms with Gasteiger partial charge in [-0.15, -0.1) is 0 Å². The van der Waals surface area contributed by atoms with Crippen LogP contribution in [0, 0.1) is 0 Å². The van der Waals surface area contributed by atoms with Crippen molar-refractivity contribution in [3.63, 3.8) is 0 Å². The average molecular weight is 413 g/mol. The monoisotopic (exact) mass is 413 g/mol. The molecule has 0 radical (unpaired) electrons. The molecule has 160 valence electrons. The van der Waals surface area contributed by atoms with Crippen molar-refractivity contribution in [1.29, 1.82) is 0 Å². The molecule has 0 saturated carbocycles. The first kappa shape index (κ1) is 21.4. The van der Waals surface area contributed by atoms with Crippen LogP contribution in [0.1, 0.15) is 23.2 Å². The van der Waals surface area contributed by atoms with Crippen LogP contribution in [0.4, 0.5) is 5.69 Å². The van der Waals surface area contributed by atoms with Gasteiger partial charge in [0.2, 0.25) is 5.96 Å². The second kappa shape index (κ2) is 10.5. The van der Waals surface area contributed by atoms with E-state index in [2.05, 4.69) is 15.6 Å². The highest BCUT2D eigenvalue weighted by Gasteiger charge is 2.17. The fraction of sp³-hybridized carbons (Fsp3) is 0.364. The van der Waals surface area contributed by atoms with E-state index in [4.69, 9.17) is 18.9 Å². The van der Waals surface area contributed by atoms with Gasteiger partial charge in [0.05, 0.1) is 39.7 Å². The van der Waals surface area contributed by atoms with Crippen LogP contribution in [-0.2, 0) is 4.74 Å². The first-order chi connectivity index (χ1) is 14.6. The van der Waals surface area contributed by atoms with Crippen molar-refractivity contribution < 1.29 is 23.7 Å². The molecule has 0 bridgehead atoms. The maximum atomic E-state index is 12.9. The minimum atomic E-state index is -0.329. The van der Waals surface area contributed by atoms with Crippen LogP contribution in [-0.4, -0.2) is 52.5 Å². The molecule has 8 nitrogen and oxygen atoms in total. The number of nitrogens with zero attached hydrogens (tertiary/aromatic N) is 1. The SMILES string of the molecule is COc1ccccc1NC(=NC[C@H]1CCCO1)NC(=O)c1ccc(OC)c(OC)c1. The highest BCUT2D eigenvalue weighted by molar-refractivity contribution is 6.10. The van der Waals surface area contributed by atoms with Crippen molar-refractivity contribution in [2.24, 2.45) is 4.99 Å². The summed E-state index contributed by atoms with van der Waals surface area (Å²) in [5.74, 6) is 1.65. The summed E-state index contributed by atoms with van der Waals surface area (Å²) >= 11 is 0. The van der Waals surface area contributed by atoms with Crippen molar-refractivity contribution in [2.75, 3.05) is 39.8 Å². The zero-order chi connectivity index (χ0) is 21.3. The lowest BCUT2D eigenvalue weighted by Gasteiger charge is -2.16. The fourth-order valence-corrected chi connectivity index (χ4v) is 3.12. The lowest BCUT2D eigenvalue weighted by atomic mass is 10.2. The molecule has 0 spiro atoms. The van der Waals surface area contributed by atoms with Gasteiger partial charge in [-0.25, -0.2) is 4.99 Å². The van der Waals surface area contributed by atoms with Crippen LogP contribution in [0.25, 0.3) is 0 Å². The molecule has 1 amide bonds. The second-order valence-corrected chi connectivity index (χ2v) is 6.67. The van der Waals surface area contributed by atoms with Gasteiger partial charge in [-0.3, -0.25) is 10.1 Å². The standard InChI is InChI=1S/C22H27N3O5/c1-27-18-9-5-4-8-17(18)24-22(23-14-16-7-6-12-30-16)25-21(26)15-10-11-19(28-2)20(13-15)29-3/h4-5,8-11,13,16H,6-7,12,14H2,1-3H3,(H2,23,24,25,26)/t16-/m1/s1. The van der Waals surface area contributed by atoms with Crippen LogP contribution >= 0.6 is 0 Å². The van der Waals surface area contributed by atoms with E-state index in [9.17, 15) is 4.79 Å². The number of nitrogens with one attached hydrogen (secondary N) is 2. The van der Waals surface area contributed by atoms with E-state index >= 15 is 0 Å². The zero-order valence-corrected chi connectivity index (χ0v) is 17.4. The molecule has 0 aliphatic carbocycles. The lowest BCUT2D eigenvalue weighted by molar-refractivity contribution is 0.0975. The number of rotatable bonds is 7. The molecule has 3 rings (SSSR count). The van der Waals surface area contributed by atoms with Gasteiger partial charge in [-0.05, 0) is 43.2 Å². The number of hydrogen-bond donors (Lipinski definition) is 2. The molecule has 0 aromatic heterocycles. The van der Waals surface area contributed by atoms with Crippen LogP contribution in [0.5, 0.6) is 17.2 Å². The third kappa shape index (κ3) is 5.42. The van der Waals surface area contributed by atoms with Gasteiger partial charge in [0.25, 0.3) is 5.91 Å². The molecule has 1 fully saturated rings. The Morgan fingerprint density at radius 1 is 1.07 bits per heavy atom. The van der Waals surface area contributed by atoms with E-state index in [-0.39, 0.29) is 12.0 Å². The van der Waals surface area contributed by atoms with E-state index in [1.165, 1.54) is 7.11 Å². The Labute approximate surface area is 176 Å². The second-order valence-electron chi connectivity index (χ2n) is 6.67. The van der Waals surface area contributed by atoms with Crippen LogP contribution in [0.15, 0.2) is 47.5 Å². The van der Waals surface area contributed by atoms with Gasteiger partial charge in [0.1, 0.15) is 5.75 Å². The molecule has 2 N–H and O–H groups in total. The first-order valence-corrected chi connectivity index (χ1v) is 9.74. The minimum Gasteiger partial charge on any atom is -0.495 e. The highest BCUT2D eigenvalue weighted by Crippen LogP contribution is 2.27. The molecular formula is C22H27N3O5. The Balaban J connectivity index is 1.80. The number of carbonyl (C=O) groups excluding carboxylic acids is 1. The number of hydrogen-bond acceptors (Lipinski definition) is 6. The zero-order valence-electron chi connectivity index (χ0n) is 17.4. The average Bonchev–Trinajstić information content (AvgIpc) is 3.31. The smallest absolute Gasteiger partial charge is 0.258 e. The highest BCUT2D eigenvalue weighted by atomic mass is 16.5. The number of para-hydroxylation sites is 2. The van der Waals surface area contributed by atoms with Crippen LogP contribution in [0.3, 0.4) is 0 Å². The summed E-state index contributed by atoms with van der Waals surface area (Å²) < 4.78 is 21.5. The number of methoxy groups -OCH3 is 3. The van der Waals surface area contributed by atoms with Gasteiger partial charge in [0.15, 0.2) is 11.5 Å². The van der Waals surface area contributed by atoms with Crippen molar-refractivity contribution in [1.82, 2.24) is 5.32 Å². The van der Waals surface area contributed by atoms with E-state index < -0.39 is 0 Å². The molecule has 8 heteroatoms. The van der Waals surface area contributed by atoms with Gasteiger partial charge < -0.3 is 24.3 Å². The van der Waals surface area contributed by atoms with Crippen molar-refractivity contribution in [2.45, 2.75) is 18.9 Å². The molecule has 1 saturated heterocycles. The van der Waals surface area contributed by atoms with Gasteiger partial charge in [-0.2, -0.15) is 0 Å². The summed E-state index contributed by atoms with van der Waals surface area (Å²) in [5, 5.41) is 5.99. The normalized spacial score (nSPS) is 16.1. The maximum absolute atomic E-state index is 12.9. The molecular weight excluding hydrogens is 386 g/mol. The number of carbonyl (C=O) groups is 1. The summed E-state index contributed by atoms with van der Waals surface area (Å²) in [4.78, 5) is 17.4. The Kier molecular flexibility index (Phi) is 7.51. The number of benzene rings is 2. The molecule has 30 heavy (non-hydrogen) atoms. The number of aliphatic imine (C=N–C) groups is 1. The predicted octanol–water partition coefficient (Wildman–Crippen LogP) is 3.09. The largest absolute Gasteiger partial charge is 0.495 e. The molecule has 1 aliphatic heterocycles. The summed E-state index contributed by atoms with van der Waals surface area (Å²) in [6, 6.07) is 12.4. The maximum Gasteiger partial charge on any atom is 0.258 e. The van der Waals surface area contributed by atoms with Crippen LogP contribution < -0.4 is 24.8 Å². The quantitative estimate of drug-likeness (QED) is 0.536. The van der Waals surface area contributed by atoms with Gasteiger partial charge in [-0.1, -0.05) is 12.1 Å². The Morgan fingerprint density at radius 2 is 1.83 bits per heavy atom. The topological polar surface area (TPSA) is 90.4 Å². The van der Waals surface area contributed by atoms with Gasteiger partial charge >= 0.3 is 0 Å². The first-order valence-electron chi connectivity index (χ1n) is 9.74. The number of guanidine groups is 1. The van der Waals surface area contributed by atoms with E-state index in [0.717, 1.165) is 19.4 Å². The molecule has 1 atom stereocenters. The van der Waals surface area contributed by atoms with E-state index in [1.54, 1.807) is 32.4 Å². The summed E-state index contributed by atoms with van der Waals surface area (Å²) in [5.41, 5.74) is 1.11. The number of anilines is 1. The molecule has 2 aromatic carbocycles. The van der Waals surface area contributed by atoms with Crippen molar-refractivity contribution in [3.05, 3.63) is 48.0 Å². The molecule has 0 unspecified atom stereocenters. The Hall–Kier alpha value is -3.26.